The SMILES string of the molecule is Cc1cccc(CC2(C(=O)NC(C(N)=O)C(C)O)CCCN2C(=O)C2CCCN2C(=O)C(N)C(C)O)c1. The Morgan fingerprint density at radius 3 is 2.43 bits per heavy atom. The van der Waals surface area contributed by atoms with E-state index < -0.39 is 53.6 Å². The molecule has 2 fully saturated rings. The van der Waals surface area contributed by atoms with Gasteiger partial charge in [-0.05, 0) is 52.0 Å². The quantitative estimate of drug-likeness (QED) is 0.277. The van der Waals surface area contributed by atoms with E-state index in [2.05, 4.69) is 5.32 Å². The van der Waals surface area contributed by atoms with Crippen molar-refractivity contribution < 1.29 is 29.4 Å². The minimum Gasteiger partial charge on any atom is -0.391 e. The van der Waals surface area contributed by atoms with E-state index in [1.54, 1.807) is 0 Å². The van der Waals surface area contributed by atoms with Crippen molar-refractivity contribution in [3.8, 4) is 0 Å². The maximum absolute atomic E-state index is 14.0. The smallest absolute Gasteiger partial charge is 0.247 e. The molecule has 0 bridgehead atoms. The number of carbonyl (C=O) groups excluding carboxylic acids is 4. The summed E-state index contributed by atoms with van der Waals surface area (Å²) < 4.78 is 0. The Morgan fingerprint density at radius 2 is 1.84 bits per heavy atom. The first kappa shape index (κ1) is 28.5. The summed E-state index contributed by atoms with van der Waals surface area (Å²) in [4.78, 5) is 55.7. The molecule has 1 aromatic carbocycles. The minimum absolute atomic E-state index is 0.186. The number of hydrogen-bond acceptors (Lipinski definition) is 7. The Morgan fingerprint density at radius 1 is 1.14 bits per heavy atom. The second-order valence-electron chi connectivity index (χ2n) is 10.3. The largest absolute Gasteiger partial charge is 0.391 e. The maximum atomic E-state index is 14.0. The fraction of sp³-hybridized carbons (Fsp3) is 0.615. The number of amides is 4. The predicted molar refractivity (Wildman–Crippen MR) is 136 cm³/mol. The lowest BCUT2D eigenvalue weighted by molar-refractivity contribution is -0.152. The van der Waals surface area contributed by atoms with Gasteiger partial charge in [0.05, 0.1) is 12.2 Å². The number of carbonyl (C=O) groups is 4. The second-order valence-corrected chi connectivity index (χ2v) is 10.3. The summed E-state index contributed by atoms with van der Waals surface area (Å²) in [6, 6.07) is 4.30. The van der Waals surface area contributed by atoms with E-state index in [0.29, 0.717) is 32.2 Å². The third-order valence-corrected chi connectivity index (χ3v) is 7.46. The van der Waals surface area contributed by atoms with Crippen molar-refractivity contribution in [3.05, 3.63) is 35.4 Å². The molecule has 37 heavy (non-hydrogen) atoms. The van der Waals surface area contributed by atoms with Crippen LogP contribution in [0.4, 0.5) is 0 Å². The highest BCUT2D eigenvalue weighted by molar-refractivity contribution is 5.98. The average molecular weight is 518 g/mol. The zero-order chi connectivity index (χ0) is 27.5. The van der Waals surface area contributed by atoms with Crippen LogP contribution in [0, 0.1) is 6.92 Å². The average Bonchev–Trinajstić information content (AvgIpc) is 3.48. The third-order valence-electron chi connectivity index (χ3n) is 7.46. The highest BCUT2D eigenvalue weighted by atomic mass is 16.3. The first-order valence-corrected chi connectivity index (χ1v) is 12.8. The van der Waals surface area contributed by atoms with E-state index in [0.717, 1.165) is 11.1 Å². The molecule has 1 aromatic rings. The van der Waals surface area contributed by atoms with Gasteiger partial charge in [0.2, 0.25) is 23.6 Å². The van der Waals surface area contributed by atoms with Crippen LogP contribution in [0.1, 0.15) is 50.7 Å². The highest BCUT2D eigenvalue weighted by Gasteiger charge is 2.53. The van der Waals surface area contributed by atoms with E-state index >= 15 is 0 Å². The van der Waals surface area contributed by atoms with Crippen molar-refractivity contribution in [3.63, 3.8) is 0 Å². The first-order valence-electron chi connectivity index (χ1n) is 12.8. The fourth-order valence-electron chi connectivity index (χ4n) is 5.43. The van der Waals surface area contributed by atoms with Crippen LogP contribution < -0.4 is 16.8 Å². The number of nitrogens with two attached hydrogens (primary N) is 2. The molecule has 0 aliphatic carbocycles. The molecule has 0 saturated carbocycles. The standard InChI is InChI=1S/C26H39N5O6/c1-15-7-4-8-18(13-15)14-26(25(37)29-21(17(3)33)22(28)34)10-6-12-31(26)23(35)19-9-5-11-30(19)24(36)20(27)16(2)32/h4,7-8,13,16-17,19-21,32-33H,5-6,9-12,14,27H2,1-3H3,(H2,28,34)(H,29,37). The van der Waals surface area contributed by atoms with E-state index in [9.17, 15) is 29.4 Å². The van der Waals surface area contributed by atoms with Crippen molar-refractivity contribution >= 4 is 23.6 Å². The van der Waals surface area contributed by atoms with Crippen LogP contribution in [0.2, 0.25) is 0 Å². The highest BCUT2D eigenvalue weighted by Crippen LogP contribution is 2.36. The van der Waals surface area contributed by atoms with Gasteiger partial charge < -0.3 is 36.8 Å². The Hall–Kier alpha value is -3.02. The van der Waals surface area contributed by atoms with Gasteiger partial charge in [-0.15, -0.1) is 0 Å². The van der Waals surface area contributed by atoms with Gasteiger partial charge in [0.1, 0.15) is 23.7 Å². The number of primary amides is 1. The van der Waals surface area contributed by atoms with E-state index in [4.69, 9.17) is 11.5 Å². The minimum atomic E-state index is -1.35. The van der Waals surface area contributed by atoms with Crippen molar-refractivity contribution in [1.29, 1.82) is 0 Å². The monoisotopic (exact) mass is 517 g/mol. The topological polar surface area (TPSA) is 179 Å². The Kier molecular flexibility index (Phi) is 8.93. The summed E-state index contributed by atoms with van der Waals surface area (Å²) >= 11 is 0. The van der Waals surface area contributed by atoms with Gasteiger partial charge in [-0.1, -0.05) is 29.8 Å². The number of aliphatic hydroxyl groups excluding tert-OH is 2. The van der Waals surface area contributed by atoms with Crippen LogP contribution >= 0.6 is 0 Å². The molecule has 2 saturated heterocycles. The van der Waals surface area contributed by atoms with Gasteiger partial charge in [-0.3, -0.25) is 19.2 Å². The van der Waals surface area contributed by atoms with Gasteiger partial charge in [-0.25, -0.2) is 0 Å². The van der Waals surface area contributed by atoms with E-state index in [1.807, 2.05) is 31.2 Å². The molecule has 6 atom stereocenters. The summed E-state index contributed by atoms with van der Waals surface area (Å²) in [7, 11) is 0. The van der Waals surface area contributed by atoms with Gasteiger partial charge in [0.15, 0.2) is 0 Å². The molecule has 7 N–H and O–H groups in total. The third kappa shape index (κ3) is 5.94. The number of benzene rings is 1. The Balaban J connectivity index is 1.98. The van der Waals surface area contributed by atoms with Gasteiger partial charge in [-0.2, -0.15) is 0 Å². The molecular formula is C26H39N5O6. The number of rotatable bonds is 9. The van der Waals surface area contributed by atoms with Gasteiger partial charge in [0, 0.05) is 19.5 Å². The lowest BCUT2D eigenvalue weighted by atomic mass is 9.85. The van der Waals surface area contributed by atoms with Crippen molar-refractivity contribution in [2.75, 3.05) is 13.1 Å². The van der Waals surface area contributed by atoms with Crippen LogP contribution in [0.5, 0.6) is 0 Å². The molecule has 2 heterocycles. The summed E-state index contributed by atoms with van der Waals surface area (Å²) in [6.45, 7) is 5.32. The molecule has 0 spiro atoms. The normalized spacial score (nSPS) is 24.9. The predicted octanol–water partition coefficient (Wildman–Crippen LogP) is -1.05. The zero-order valence-corrected chi connectivity index (χ0v) is 21.7. The molecule has 204 valence electrons. The van der Waals surface area contributed by atoms with E-state index in [-0.39, 0.29) is 18.9 Å². The van der Waals surface area contributed by atoms with Crippen molar-refractivity contribution in [1.82, 2.24) is 15.1 Å². The Bertz CT molecular complexity index is 1030. The van der Waals surface area contributed by atoms with Crippen LogP contribution in [0.15, 0.2) is 24.3 Å². The van der Waals surface area contributed by atoms with Gasteiger partial charge >= 0.3 is 0 Å². The fourth-order valence-corrected chi connectivity index (χ4v) is 5.43. The Labute approximate surface area is 217 Å². The summed E-state index contributed by atoms with van der Waals surface area (Å²) in [5, 5.41) is 22.5. The number of nitrogens with one attached hydrogen (secondary N) is 1. The lowest BCUT2D eigenvalue weighted by Crippen LogP contribution is -2.65. The molecule has 11 nitrogen and oxygen atoms in total. The second kappa shape index (κ2) is 11.6. The summed E-state index contributed by atoms with van der Waals surface area (Å²) in [6.07, 6.45) is -0.253. The summed E-state index contributed by atoms with van der Waals surface area (Å²) in [5.74, 6) is -2.36. The van der Waals surface area contributed by atoms with Crippen LogP contribution in [0.3, 0.4) is 0 Å². The molecular weight excluding hydrogens is 478 g/mol. The van der Waals surface area contributed by atoms with Gasteiger partial charge in [0.25, 0.3) is 0 Å². The lowest BCUT2D eigenvalue weighted by Gasteiger charge is -2.41. The zero-order valence-electron chi connectivity index (χ0n) is 21.7. The molecule has 4 amide bonds. The maximum Gasteiger partial charge on any atom is 0.247 e. The molecule has 3 rings (SSSR count). The molecule has 2 aliphatic rings. The number of likely N-dealkylation sites (tertiary alicyclic amines) is 2. The van der Waals surface area contributed by atoms with Crippen molar-refractivity contribution in [2.24, 2.45) is 11.5 Å². The van der Waals surface area contributed by atoms with Crippen LogP contribution in [-0.4, -0.2) is 92.6 Å². The van der Waals surface area contributed by atoms with Crippen LogP contribution in [-0.2, 0) is 25.6 Å². The van der Waals surface area contributed by atoms with Crippen LogP contribution in [0.25, 0.3) is 0 Å². The molecule has 2 aliphatic heterocycles. The first-order chi connectivity index (χ1) is 17.4. The van der Waals surface area contributed by atoms with E-state index in [1.165, 1.54) is 23.6 Å². The number of nitrogens with zero attached hydrogens (tertiary/aromatic N) is 2. The number of aryl methyl sites for hydroxylation is 1. The molecule has 0 radical (unpaired) electrons. The molecule has 11 heteroatoms. The molecule has 0 aromatic heterocycles. The number of aliphatic hydroxyl groups is 2. The van der Waals surface area contributed by atoms with Crippen molar-refractivity contribution in [2.45, 2.75) is 88.7 Å². The summed E-state index contributed by atoms with van der Waals surface area (Å²) in [5.41, 5.74) is 11.8. The number of hydrogen-bond donors (Lipinski definition) is 5. The molecule has 6 unspecified atom stereocenters.